The molecule has 1 unspecified atom stereocenters. The summed E-state index contributed by atoms with van der Waals surface area (Å²) in [6.07, 6.45) is 3.65. The molecule has 1 aliphatic rings. The fourth-order valence-corrected chi connectivity index (χ4v) is 3.49. The maximum Gasteiger partial charge on any atom is 0.0474 e. The first kappa shape index (κ1) is 13.3. The van der Waals surface area contributed by atoms with Crippen LogP contribution in [-0.2, 0) is 4.74 Å². The van der Waals surface area contributed by atoms with E-state index in [2.05, 4.69) is 11.9 Å². The summed E-state index contributed by atoms with van der Waals surface area (Å²) in [6.45, 7) is 2.72. The second-order valence-electron chi connectivity index (χ2n) is 4.35. The monoisotopic (exact) mass is 232 g/mol. The van der Waals surface area contributed by atoms with Crippen LogP contribution in [0.3, 0.4) is 0 Å². The van der Waals surface area contributed by atoms with Gasteiger partial charge in [0, 0.05) is 38.1 Å². The van der Waals surface area contributed by atoms with Crippen LogP contribution in [0.15, 0.2) is 0 Å². The molecule has 2 N–H and O–H groups in total. The molecule has 0 saturated carbocycles. The predicted octanol–water partition coefficient (Wildman–Crippen LogP) is 1.18. The van der Waals surface area contributed by atoms with Gasteiger partial charge in [-0.05, 0) is 32.1 Å². The summed E-state index contributed by atoms with van der Waals surface area (Å²) < 4.78 is 5.08. The lowest BCUT2D eigenvalue weighted by molar-refractivity contribution is 0.113. The molecule has 1 saturated heterocycles. The van der Waals surface area contributed by atoms with Crippen molar-refractivity contribution in [3.63, 3.8) is 0 Å². The molecular weight excluding hydrogens is 208 g/mol. The lowest BCUT2D eigenvalue weighted by Gasteiger charge is -2.43. The van der Waals surface area contributed by atoms with Gasteiger partial charge >= 0.3 is 0 Å². The van der Waals surface area contributed by atoms with Gasteiger partial charge in [-0.1, -0.05) is 0 Å². The van der Waals surface area contributed by atoms with E-state index in [1.807, 2.05) is 11.8 Å². The molecule has 0 radical (unpaired) electrons. The van der Waals surface area contributed by atoms with Crippen molar-refractivity contribution >= 4 is 11.8 Å². The predicted molar refractivity (Wildman–Crippen MR) is 67.5 cm³/mol. The molecule has 0 aromatic heterocycles. The molecule has 0 bridgehead atoms. The third-order valence-corrected chi connectivity index (χ3v) is 4.65. The Hall–Kier alpha value is 0.230. The maximum atomic E-state index is 5.96. The van der Waals surface area contributed by atoms with E-state index in [9.17, 15) is 0 Å². The van der Waals surface area contributed by atoms with Crippen LogP contribution in [0.1, 0.15) is 19.3 Å². The Kier molecular flexibility index (Phi) is 5.97. The number of thioether (sulfide) groups is 1. The molecule has 90 valence electrons. The summed E-state index contributed by atoms with van der Waals surface area (Å²) in [5.74, 6) is 2.49. The van der Waals surface area contributed by atoms with Gasteiger partial charge < -0.3 is 10.5 Å². The summed E-state index contributed by atoms with van der Waals surface area (Å²) in [5, 5.41) is 0. The highest BCUT2D eigenvalue weighted by Crippen LogP contribution is 2.30. The molecule has 0 spiro atoms. The highest BCUT2D eigenvalue weighted by atomic mass is 32.2. The average molecular weight is 232 g/mol. The van der Waals surface area contributed by atoms with Crippen molar-refractivity contribution in [1.82, 2.24) is 4.90 Å². The number of methoxy groups -OCH3 is 1. The fraction of sp³-hybridized carbons (Fsp3) is 1.00. The lowest BCUT2D eigenvalue weighted by Crippen LogP contribution is -2.55. The third-order valence-electron chi connectivity index (χ3n) is 3.33. The van der Waals surface area contributed by atoms with Crippen LogP contribution >= 0.6 is 11.8 Å². The summed E-state index contributed by atoms with van der Waals surface area (Å²) in [4.78, 5) is 2.44. The van der Waals surface area contributed by atoms with Gasteiger partial charge in [0.05, 0.1) is 0 Å². The van der Waals surface area contributed by atoms with Crippen molar-refractivity contribution in [2.45, 2.75) is 24.8 Å². The molecule has 4 heteroatoms. The van der Waals surface area contributed by atoms with Crippen LogP contribution in [0.25, 0.3) is 0 Å². The molecule has 1 atom stereocenters. The summed E-state index contributed by atoms with van der Waals surface area (Å²) in [5.41, 5.74) is 6.20. The van der Waals surface area contributed by atoms with Crippen molar-refractivity contribution in [2.75, 3.05) is 45.4 Å². The zero-order chi connectivity index (χ0) is 11.1. The Labute approximate surface area is 97.7 Å². The van der Waals surface area contributed by atoms with Gasteiger partial charge in [0.25, 0.3) is 0 Å². The molecule has 0 aliphatic carbocycles. The Balaban J connectivity index is 2.40. The number of nitrogens with zero attached hydrogens (tertiary/aromatic N) is 1. The van der Waals surface area contributed by atoms with Gasteiger partial charge in [-0.15, -0.1) is 0 Å². The molecule has 0 amide bonds. The minimum absolute atomic E-state index is 0.247. The van der Waals surface area contributed by atoms with E-state index in [0.717, 1.165) is 26.1 Å². The summed E-state index contributed by atoms with van der Waals surface area (Å²) in [6, 6.07) is 0. The minimum atomic E-state index is 0.247. The van der Waals surface area contributed by atoms with Gasteiger partial charge in [-0.25, -0.2) is 0 Å². The Morgan fingerprint density at radius 1 is 1.53 bits per heavy atom. The third kappa shape index (κ3) is 3.63. The highest BCUT2D eigenvalue weighted by Gasteiger charge is 2.34. The van der Waals surface area contributed by atoms with E-state index in [1.165, 1.54) is 24.3 Å². The van der Waals surface area contributed by atoms with Crippen LogP contribution in [-0.4, -0.2) is 55.8 Å². The van der Waals surface area contributed by atoms with E-state index in [-0.39, 0.29) is 5.54 Å². The number of nitrogens with two attached hydrogens (primary N) is 1. The average Bonchev–Trinajstić information content (AvgIpc) is 2.30. The van der Waals surface area contributed by atoms with Gasteiger partial charge in [0.1, 0.15) is 0 Å². The van der Waals surface area contributed by atoms with Crippen molar-refractivity contribution in [3.05, 3.63) is 0 Å². The fourth-order valence-electron chi connectivity index (χ4n) is 2.14. The SMILES string of the molecule is COCCCN(C)C1(CN)CCCSC1. The topological polar surface area (TPSA) is 38.5 Å². The Bertz CT molecular complexity index is 172. The smallest absolute Gasteiger partial charge is 0.0474 e. The number of ether oxygens (including phenoxy) is 1. The van der Waals surface area contributed by atoms with Crippen molar-refractivity contribution in [3.8, 4) is 0 Å². The molecule has 1 rings (SSSR count). The van der Waals surface area contributed by atoms with Crippen LogP contribution in [0.2, 0.25) is 0 Å². The first-order valence-electron chi connectivity index (χ1n) is 5.73. The zero-order valence-electron chi connectivity index (χ0n) is 10.00. The van der Waals surface area contributed by atoms with Gasteiger partial charge in [0.2, 0.25) is 0 Å². The van der Waals surface area contributed by atoms with Gasteiger partial charge in [0.15, 0.2) is 0 Å². The molecule has 0 aromatic rings. The number of hydrogen-bond donors (Lipinski definition) is 1. The van der Waals surface area contributed by atoms with Gasteiger partial charge in [-0.2, -0.15) is 11.8 Å². The van der Waals surface area contributed by atoms with E-state index in [4.69, 9.17) is 10.5 Å². The highest BCUT2D eigenvalue weighted by molar-refractivity contribution is 7.99. The van der Waals surface area contributed by atoms with Crippen LogP contribution in [0, 0.1) is 0 Å². The first-order chi connectivity index (χ1) is 7.25. The number of hydrogen-bond acceptors (Lipinski definition) is 4. The van der Waals surface area contributed by atoms with Crippen molar-refractivity contribution in [1.29, 1.82) is 0 Å². The second-order valence-corrected chi connectivity index (χ2v) is 5.46. The van der Waals surface area contributed by atoms with E-state index < -0.39 is 0 Å². The number of rotatable bonds is 6. The Morgan fingerprint density at radius 2 is 2.33 bits per heavy atom. The van der Waals surface area contributed by atoms with Crippen LogP contribution in [0.4, 0.5) is 0 Å². The summed E-state index contributed by atoms with van der Waals surface area (Å²) >= 11 is 2.04. The summed E-state index contributed by atoms with van der Waals surface area (Å²) in [7, 11) is 3.96. The molecule has 1 fully saturated rings. The molecule has 15 heavy (non-hydrogen) atoms. The molecule has 0 aromatic carbocycles. The van der Waals surface area contributed by atoms with E-state index in [1.54, 1.807) is 7.11 Å². The maximum absolute atomic E-state index is 5.96. The van der Waals surface area contributed by atoms with Crippen molar-refractivity contribution < 1.29 is 4.74 Å². The first-order valence-corrected chi connectivity index (χ1v) is 6.88. The van der Waals surface area contributed by atoms with Crippen molar-refractivity contribution in [2.24, 2.45) is 5.73 Å². The lowest BCUT2D eigenvalue weighted by atomic mass is 9.93. The van der Waals surface area contributed by atoms with E-state index >= 15 is 0 Å². The van der Waals surface area contributed by atoms with E-state index in [0.29, 0.717) is 0 Å². The van der Waals surface area contributed by atoms with Gasteiger partial charge in [-0.3, -0.25) is 4.90 Å². The minimum Gasteiger partial charge on any atom is -0.385 e. The zero-order valence-corrected chi connectivity index (χ0v) is 10.8. The normalized spacial score (nSPS) is 27.2. The van der Waals surface area contributed by atoms with Crippen LogP contribution < -0.4 is 5.73 Å². The van der Waals surface area contributed by atoms with Crippen LogP contribution in [0.5, 0.6) is 0 Å². The quantitative estimate of drug-likeness (QED) is 0.698. The molecule has 3 nitrogen and oxygen atoms in total. The molecular formula is C11H24N2OS. The Morgan fingerprint density at radius 3 is 2.87 bits per heavy atom. The second kappa shape index (κ2) is 6.74. The molecule has 1 heterocycles. The standard InChI is InChI=1S/C11H24N2OS/c1-13(6-4-7-14-2)11(9-12)5-3-8-15-10-11/h3-10,12H2,1-2H3. The molecule has 1 aliphatic heterocycles. The largest absolute Gasteiger partial charge is 0.385 e. The number of likely N-dealkylation sites (N-methyl/N-ethyl adjacent to an activating group) is 1.